The molecule has 1 heterocycles. The van der Waals surface area contributed by atoms with E-state index in [0.29, 0.717) is 11.9 Å². The summed E-state index contributed by atoms with van der Waals surface area (Å²) >= 11 is 0. The van der Waals surface area contributed by atoms with Crippen molar-refractivity contribution < 1.29 is 0 Å². The van der Waals surface area contributed by atoms with Gasteiger partial charge in [-0.1, -0.05) is 18.2 Å². The molecule has 3 heteroatoms. The average Bonchev–Trinajstić information content (AvgIpc) is 3.12. The van der Waals surface area contributed by atoms with Crippen LogP contribution in [0.25, 0.3) is 0 Å². The van der Waals surface area contributed by atoms with Gasteiger partial charge in [0.2, 0.25) is 0 Å². The van der Waals surface area contributed by atoms with Gasteiger partial charge in [-0.2, -0.15) is 0 Å². The van der Waals surface area contributed by atoms with Gasteiger partial charge in [-0.15, -0.1) is 0 Å². The molecular formula is C16H23N3. The van der Waals surface area contributed by atoms with Crippen LogP contribution in [0.15, 0.2) is 24.3 Å². The quantitative estimate of drug-likeness (QED) is 0.643. The Kier molecular flexibility index (Phi) is 3.00. The van der Waals surface area contributed by atoms with E-state index in [0.717, 1.165) is 13.0 Å². The fourth-order valence-corrected chi connectivity index (χ4v) is 3.33. The standard InChI is InChI=1S/C16H23N3/c1-12-6-7-13-4-2-3-5-14(13)19(12)11-16(8-9-16)10-15(17)18/h2-5,12H,6-11H2,1H3,(H3,17,18). The Morgan fingerprint density at radius 3 is 2.84 bits per heavy atom. The molecule has 2 aliphatic rings. The van der Waals surface area contributed by atoms with E-state index in [4.69, 9.17) is 11.1 Å². The van der Waals surface area contributed by atoms with Gasteiger partial charge in [-0.25, -0.2) is 0 Å². The molecule has 1 unspecified atom stereocenters. The number of benzene rings is 1. The summed E-state index contributed by atoms with van der Waals surface area (Å²) in [5.41, 5.74) is 8.77. The minimum Gasteiger partial charge on any atom is -0.388 e. The van der Waals surface area contributed by atoms with Crippen LogP contribution in [-0.2, 0) is 6.42 Å². The predicted molar refractivity (Wildman–Crippen MR) is 79.8 cm³/mol. The second-order valence-electron chi connectivity index (χ2n) is 6.35. The number of nitrogens with zero attached hydrogens (tertiary/aromatic N) is 1. The number of para-hydroxylation sites is 1. The van der Waals surface area contributed by atoms with Gasteiger partial charge >= 0.3 is 0 Å². The molecule has 0 bridgehead atoms. The second kappa shape index (κ2) is 4.55. The number of anilines is 1. The van der Waals surface area contributed by atoms with Crippen molar-refractivity contribution in [1.82, 2.24) is 0 Å². The zero-order chi connectivity index (χ0) is 13.5. The molecule has 1 fully saturated rings. The fraction of sp³-hybridized carbons (Fsp3) is 0.562. The molecule has 3 N–H and O–H groups in total. The molecule has 1 aromatic carbocycles. The molecule has 0 aromatic heterocycles. The number of nitrogens with two attached hydrogens (primary N) is 1. The Balaban J connectivity index is 1.82. The van der Waals surface area contributed by atoms with Gasteiger partial charge < -0.3 is 10.6 Å². The maximum atomic E-state index is 7.56. The van der Waals surface area contributed by atoms with Gasteiger partial charge in [0.25, 0.3) is 0 Å². The molecule has 19 heavy (non-hydrogen) atoms. The Hall–Kier alpha value is -1.51. The van der Waals surface area contributed by atoms with Crippen molar-refractivity contribution in [3.8, 4) is 0 Å². The lowest BCUT2D eigenvalue weighted by molar-refractivity contribution is 0.460. The summed E-state index contributed by atoms with van der Waals surface area (Å²) in [5.74, 6) is 0.343. The average molecular weight is 257 g/mol. The van der Waals surface area contributed by atoms with Gasteiger partial charge in [-0.05, 0) is 49.7 Å². The van der Waals surface area contributed by atoms with Gasteiger partial charge in [-0.3, -0.25) is 5.41 Å². The van der Waals surface area contributed by atoms with E-state index in [9.17, 15) is 0 Å². The monoisotopic (exact) mass is 257 g/mol. The lowest BCUT2D eigenvalue weighted by Crippen LogP contribution is -2.42. The first-order valence-corrected chi connectivity index (χ1v) is 7.27. The van der Waals surface area contributed by atoms with Crippen molar-refractivity contribution in [2.45, 2.75) is 45.1 Å². The summed E-state index contributed by atoms with van der Waals surface area (Å²) in [6.07, 6.45) is 5.62. The highest BCUT2D eigenvalue weighted by atomic mass is 15.2. The third-order valence-electron chi connectivity index (χ3n) is 4.69. The van der Waals surface area contributed by atoms with Gasteiger partial charge in [0.05, 0.1) is 5.84 Å². The van der Waals surface area contributed by atoms with Crippen molar-refractivity contribution in [1.29, 1.82) is 5.41 Å². The van der Waals surface area contributed by atoms with Crippen LogP contribution in [0.3, 0.4) is 0 Å². The van der Waals surface area contributed by atoms with Crippen molar-refractivity contribution in [3.05, 3.63) is 29.8 Å². The highest BCUT2D eigenvalue weighted by Gasteiger charge is 2.45. The normalized spacial score (nSPS) is 23.8. The zero-order valence-electron chi connectivity index (χ0n) is 11.7. The maximum Gasteiger partial charge on any atom is 0.0911 e. The number of nitrogens with one attached hydrogen (secondary N) is 1. The summed E-state index contributed by atoms with van der Waals surface area (Å²) < 4.78 is 0. The van der Waals surface area contributed by atoms with Crippen LogP contribution in [0.5, 0.6) is 0 Å². The molecule has 3 rings (SSSR count). The molecule has 1 saturated carbocycles. The minimum absolute atomic E-state index is 0.282. The molecule has 0 saturated heterocycles. The molecule has 1 aromatic rings. The summed E-state index contributed by atoms with van der Waals surface area (Å²) in [4.78, 5) is 2.55. The molecule has 1 aliphatic heterocycles. The lowest BCUT2D eigenvalue weighted by Gasteiger charge is -2.39. The molecule has 0 amide bonds. The lowest BCUT2D eigenvalue weighted by atomic mass is 9.93. The first-order chi connectivity index (χ1) is 9.10. The molecule has 102 valence electrons. The summed E-state index contributed by atoms with van der Waals surface area (Å²) in [6, 6.07) is 9.36. The topological polar surface area (TPSA) is 53.1 Å². The number of amidine groups is 1. The van der Waals surface area contributed by atoms with Crippen LogP contribution in [0.4, 0.5) is 5.69 Å². The number of hydrogen-bond donors (Lipinski definition) is 2. The van der Waals surface area contributed by atoms with E-state index in [1.54, 1.807) is 0 Å². The van der Waals surface area contributed by atoms with Crippen molar-refractivity contribution >= 4 is 11.5 Å². The van der Waals surface area contributed by atoms with Crippen molar-refractivity contribution in [2.24, 2.45) is 11.1 Å². The molecule has 0 spiro atoms. The minimum atomic E-state index is 0.282. The molecule has 1 atom stereocenters. The van der Waals surface area contributed by atoms with Crippen LogP contribution in [-0.4, -0.2) is 18.4 Å². The number of hydrogen-bond acceptors (Lipinski definition) is 2. The van der Waals surface area contributed by atoms with Gasteiger partial charge in [0.15, 0.2) is 0 Å². The van der Waals surface area contributed by atoms with E-state index in [-0.39, 0.29) is 5.41 Å². The first kappa shape index (κ1) is 12.5. The van der Waals surface area contributed by atoms with Gasteiger partial charge in [0, 0.05) is 24.7 Å². The van der Waals surface area contributed by atoms with Crippen molar-refractivity contribution in [3.63, 3.8) is 0 Å². The molecule has 3 nitrogen and oxygen atoms in total. The summed E-state index contributed by atoms with van der Waals surface area (Å²) in [5, 5.41) is 7.56. The van der Waals surface area contributed by atoms with Crippen molar-refractivity contribution in [2.75, 3.05) is 11.4 Å². The van der Waals surface area contributed by atoms with E-state index in [2.05, 4.69) is 36.1 Å². The van der Waals surface area contributed by atoms with Crippen LogP contribution < -0.4 is 10.6 Å². The Morgan fingerprint density at radius 2 is 2.16 bits per heavy atom. The third kappa shape index (κ3) is 2.46. The Labute approximate surface area is 115 Å². The SMILES string of the molecule is CC1CCc2ccccc2N1CC1(CC(=N)N)CC1. The highest BCUT2D eigenvalue weighted by molar-refractivity contribution is 5.78. The Bertz CT molecular complexity index is 491. The van der Waals surface area contributed by atoms with Gasteiger partial charge in [0.1, 0.15) is 0 Å². The Morgan fingerprint density at radius 1 is 1.42 bits per heavy atom. The van der Waals surface area contributed by atoms with Crippen LogP contribution in [0.1, 0.15) is 38.2 Å². The zero-order valence-corrected chi connectivity index (χ0v) is 11.7. The summed E-state index contributed by atoms with van der Waals surface area (Å²) in [7, 11) is 0. The number of fused-ring (bicyclic) bond motifs is 1. The molecule has 1 aliphatic carbocycles. The van der Waals surface area contributed by atoms with Crippen LogP contribution in [0.2, 0.25) is 0 Å². The van der Waals surface area contributed by atoms with E-state index in [1.165, 1.54) is 36.9 Å². The smallest absolute Gasteiger partial charge is 0.0911 e. The highest BCUT2D eigenvalue weighted by Crippen LogP contribution is 2.50. The maximum absolute atomic E-state index is 7.56. The predicted octanol–water partition coefficient (Wildman–Crippen LogP) is 2.93. The number of aryl methyl sites for hydroxylation is 1. The second-order valence-corrected chi connectivity index (χ2v) is 6.35. The van der Waals surface area contributed by atoms with Crippen LogP contribution >= 0.6 is 0 Å². The molecule has 0 radical (unpaired) electrons. The van der Waals surface area contributed by atoms with E-state index >= 15 is 0 Å². The van der Waals surface area contributed by atoms with E-state index < -0.39 is 0 Å². The third-order valence-corrected chi connectivity index (χ3v) is 4.69. The fourth-order valence-electron chi connectivity index (χ4n) is 3.33. The first-order valence-electron chi connectivity index (χ1n) is 7.27. The van der Waals surface area contributed by atoms with E-state index in [1.807, 2.05) is 0 Å². The molecular weight excluding hydrogens is 234 g/mol. The number of rotatable bonds is 4. The summed E-state index contributed by atoms with van der Waals surface area (Å²) in [6.45, 7) is 3.38. The largest absolute Gasteiger partial charge is 0.388 e. The van der Waals surface area contributed by atoms with Crippen LogP contribution in [0, 0.1) is 10.8 Å².